The van der Waals surface area contributed by atoms with Crippen molar-refractivity contribution in [1.29, 1.82) is 0 Å². The van der Waals surface area contributed by atoms with E-state index >= 15 is 0 Å². The van der Waals surface area contributed by atoms with Gasteiger partial charge in [0.2, 0.25) is 0 Å². The van der Waals surface area contributed by atoms with Gasteiger partial charge in [-0.15, -0.1) is 0 Å². The normalized spacial score (nSPS) is 17.0. The number of ether oxygens (including phenoxy) is 3. The zero-order valence-corrected chi connectivity index (χ0v) is 11.7. The Hall–Kier alpha value is -2.33. The fourth-order valence-corrected chi connectivity index (χ4v) is 2.49. The zero-order chi connectivity index (χ0) is 14.7. The fraction of sp³-hybridized carbons (Fsp3) is 0.235. The molecule has 0 aromatic heterocycles. The lowest BCUT2D eigenvalue weighted by atomic mass is 9.88. The van der Waals surface area contributed by atoms with Gasteiger partial charge in [0.25, 0.3) is 0 Å². The van der Waals surface area contributed by atoms with Crippen molar-refractivity contribution in [3.05, 3.63) is 59.7 Å². The number of benzene rings is 2. The monoisotopic (exact) mass is 284 g/mol. The first kappa shape index (κ1) is 13.6. The molecule has 21 heavy (non-hydrogen) atoms. The second-order valence-electron chi connectivity index (χ2n) is 4.81. The van der Waals surface area contributed by atoms with E-state index in [9.17, 15) is 4.79 Å². The van der Waals surface area contributed by atoms with Crippen LogP contribution in [0.25, 0.3) is 0 Å². The molecule has 1 heterocycles. The van der Waals surface area contributed by atoms with Crippen LogP contribution in [0.5, 0.6) is 11.5 Å². The maximum absolute atomic E-state index is 12.7. The van der Waals surface area contributed by atoms with Gasteiger partial charge in [0, 0.05) is 12.7 Å². The lowest BCUT2D eigenvalue weighted by molar-refractivity contribution is 0.0495. The number of carbonyl (C=O) groups excluding carboxylic acids is 1. The molecule has 1 aliphatic rings. The minimum atomic E-state index is -0.354. The van der Waals surface area contributed by atoms with Crippen molar-refractivity contribution in [3.8, 4) is 11.5 Å². The highest BCUT2D eigenvalue weighted by Crippen LogP contribution is 2.35. The highest BCUT2D eigenvalue weighted by molar-refractivity contribution is 6.04. The molecule has 0 N–H and O–H groups in total. The molecule has 0 saturated carbocycles. The first-order valence-corrected chi connectivity index (χ1v) is 6.78. The molecule has 2 aromatic rings. The van der Waals surface area contributed by atoms with E-state index in [-0.39, 0.29) is 18.5 Å². The number of hydrogen-bond donors (Lipinski definition) is 0. The number of Topliss-reactive ketones (excluding diaryl/α,β-unsaturated/α-hetero) is 1. The van der Waals surface area contributed by atoms with Gasteiger partial charge >= 0.3 is 0 Å². The first-order chi connectivity index (χ1) is 10.3. The summed E-state index contributed by atoms with van der Waals surface area (Å²) in [7, 11) is 1.56. The third kappa shape index (κ3) is 2.62. The summed E-state index contributed by atoms with van der Waals surface area (Å²) in [6, 6.07) is 14.8. The van der Waals surface area contributed by atoms with Crippen molar-refractivity contribution in [1.82, 2.24) is 0 Å². The summed E-state index contributed by atoms with van der Waals surface area (Å²) >= 11 is 0. The molecule has 0 bridgehead atoms. The lowest BCUT2D eigenvalue weighted by Crippen LogP contribution is -2.26. The smallest absolute Gasteiger partial charge is 0.188 e. The van der Waals surface area contributed by atoms with E-state index in [1.165, 1.54) is 0 Å². The Kier molecular flexibility index (Phi) is 3.88. The molecule has 3 rings (SSSR count). The quantitative estimate of drug-likeness (QED) is 0.810. The zero-order valence-electron chi connectivity index (χ0n) is 11.7. The summed E-state index contributed by atoms with van der Waals surface area (Å²) in [5.74, 6) is 1.01. The SMILES string of the molecule is COCOc1ccccc1C1COc2ccccc2C1=O. The molecule has 0 saturated heterocycles. The Morgan fingerprint density at radius 1 is 1.14 bits per heavy atom. The molecule has 1 aliphatic heterocycles. The third-order valence-electron chi connectivity index (χ3n) is 3.50. The molecular formula is C17H16O4. The molecule has 1 unspecified atom stereocenters. The maximum Gasteiger partial charge on any atom is 0.188 e. The summed E-state index contributed by atoms with van der Waals surface area (Å²) in [4.78, 5) is 12.7. The molecular weight excluding hydrogens is 268 g/mol. The summed E-state index contributed by atoms with van der Waals surface area (Å²) in [5, 5.41) is 0. The second kappa shape index (κ2) is 5.97. The molecule has 4 heteroatoms. The standard InChI is InChI=1S/C17H16O4/c1-19-11-21-15-8-4-2-6-12(15)14-10-20-16-9-5-3-7-13(16)17(14)18/h2-9,14H,10-11H2,1H3. The van der Waals surface area contributed by atoms with Crippen molar-refractivity contribution in [2.24, 2.45) is 0 Å². The maximum atomic E-state index is 12.7. The van der Waals surface area contributed by atoms with E-state index < -0.39 is 0 Å². The molecule has 2 aromatic carbocycles. The average Bonchev–Trinajstić information content (AvgIpc) is 2.54. The van der Waals surface area contributed by atoms with E-state index in [1.807, 2.05) is 42.5 Å². The molecule has 0 radical (unpaired) electrons. The van der Waals surface area contributed by atoms with Crippen LogP contribution in [0.4, 0.5) is 0 Å². The number of carbonyl (C=O) groups is 1. The van der Waals surface area contributed by atoms with Crippen LogP contribution in [-0.4, -0.2) is 26.3 Å². The Bertz CT molecular complexity index is 651. The Morgan fingerprint density at radius 3 is 2.76 bits per heavy atom. The van der Waals surface area contributed by atoms with Gasteiger partial charge in [-0.1, -0.05) is 30.3 Å². The highest BCUT2D eigenvalue weighted by Gasteiger charge is 2.31. The van der Waals surface area contributed by atoms with E-state index in [2.05, 4.69) is 0 Å². The predicted octanol–water partition coefficient (Wildman–Crippen LogP) is 3.03. The Morgan fingerprint density at radius 2 is 1.90 bits per heavy atom. The van der Waals surface area contributed by atoms with Crippen LogP contribution in [0.3, 0.4) is 0 Å². The van der Waals surface area contributed by atoms with Gasteiger partial charge in [0.15, 0.2) is 12.6 Å². The molecule has 4 nitrogen and oxygen atoms in total. The highest BCUT2D eigenvalue weighted by atomic mass is 16.7. The van der Waals surface area contributed by atoms with Crippen LogP contribution in [0.1, 0.15) is 21.8 Å². The van der Waals surface area contributed by atoms with E-state index in [0.717, 1.165) is 5.56 Å². The largest absolute Gasteiger partial charge is 0.492 e. The Labute approximate surface area is 123 Å². The van der Waals surface area contributed by atoms with Crippen LogP contribution in [-0.2, 0) is 4.74 Å². The minimum Gasteiger partial charge on any atom is -0.492 e. The summed E-state index contributed by atoms with van der Waals surface area (Å²) in [6.07, 6.45) is 0. The average molecular weight is 284 g/mol. The van der Waals surface area contributed by atoms with Gasteiger partial charge in [-0.3, -0.25) is 4.79 Å². The number of methoxy groups -OCH3 is 1. The molecule has 1 atom stereocenters. The van der Waals surface area contributed by atoms with Crippen LogP contribution in [0.15, 0.2) is 48.5 Å². The van der Waals surface area contributed by atoms with Gasteiger partial charge in [-0.05, 0) is 18.2 Å². The van der Waals surface area contributed by atoms with Gasteiger partial charge < -0.3 is 14.2 Å². The van der Waals surface area contributed by atoms with Crippen LogP contribution < -0.4 is 9.47 Å². The van der Waals surface area contributed by atoms with Crippen LogP contribution >= 0.6 is 0 Å². The van der Waals surface area contributed by atoms with Gasteiger partial charge in [0.1, 0.15) is 18.1 Å². The van der Waals surface area contributed by atoms with Gasteiger partial charge in [-0.2, -0.15) is 0 Å². The van der Waals surface area contributed by atoms with Crippen LogP contribution in [0, 0.1) is 0 Å². The molecule has 0 amide bonds. The number of rotatable bonds is 4. The summed E-state index contributed by atoms with van der Waals surface area (Å²) < 4.78 is 16.2. The van der Waals surface area contributed by atoms with E-state index in [1.54, 1.807) is 13.2 Å². The van der Waals surface area contributed by atoms with E-state index in [0.29, 0.717) is 23.7 Å². The minimum absolute atomic E-state index is 0.0605. The predicted molar refractivity (Wildman–Crippen MR) is 78.0 cm³/mol. The van der Waals surface area contributed by atoms with E-state index in [4.69, 9.17) is 14.2 Å². The topological polar surface area (TPSA) is 44.8 Å². The van der Waals surface area contributed by atoms with Crippen LogP contribution in [0.2, 0.25) is 0 Å². The molecule has 0 fully saturated rings. The number of fused-ring (bicyclic) bond motifs is 1. The summed E-state index contributed by atoms with van der Waals surface area (Å²) in [6.45, 7) is 0.471. The third-order valence-corrected chi connectivity index (χ3v) is 3.50. The summed E-state index contributed by atoms with van der Waals surface area (Å²) in [5.41, 5.74) is 1.45. The number of ketones is 1. The molecule has 0 spiro atoms. The number of para-hydroxylation sites is 2. The molecule has 0 aliphatic carbocycles. The van der Waals surface area contributed by atoms with Gasteiger partial charge in [0.05, 0.1) is 11.5 Å². The number of hydrogen-bond acceptors (Lipinski definition) is 4. The fourth-order valence-electron chi connectivity index (χ4n) is 2.49. The van der Waals surface area contributed by atoms with Crippen molar-refractivity contribution in [3.63, 3.8) is 0 Å². The second-order valence-corrected chi connectivity index (χ2v) is 4.81. The van der Waals surface area contributed by atoms with Crippen molar-refractivity contribution < 1.29 is 19.0 Å². The van der Waals surface area contributed by atoms with Crippen molar-refractivity contribution in [2.75, 3.05) is 20.5 Å². The molecule has 108 valence electrons. The lowest BCUT2D eigenvalue weighted by Gasteiger charge is -2.25. The first-order valence-electron chi connectivity index (χ1n) is 6.78. The van der Waals surface area contributed by atoms with Crippen molar-refractivity contribution in [2.45, 2.75) is 5.92 Å². The van der Waals surface area contributed by atoms with Gasteiger partial charge in [-0.25, -0.2) is 0 Å². The Balaban J connectivity index is 1.94. The van der Waals surface area contributed by atoms with Crippen molar-refractivity contribution >= 4 is 5.78 Å².